The second-order valence-corrected chi connectivity index (χ2v) is 6.82. The number of pyridine rings is 1. The molecule has 120 valence electrons. The van der Waals surface area contributed by atoms with Crippen molar-refractivity contribution in [3.63, 3.8) is 0 Å². The minimum Gasteiger partial charge on any atom is -0.384 e. The molecule has 0 fully saturated rings. The molecule has 0 aromatic carbocycles. The monoisotopic (exact) mass is 314 g/mol. The molecule has 0 saturated heterocycles. The quantitative estimate of drug-likeness (QED) is 0.720. The van der Waals surface area contributed by atoms with Gasteiger partial charge in [-0.2, -0.15) is 0 Å². The number of rotatable bonds is 9. The van der Waals surface area contributed by atoms with Crippen molar-refractivity contribution in [2.24, 2.45) is 0 Å². The molecular formula is C14H26N4O2S. The molecule has 0 aliphatic carbocycles. The molecule has 0 radical (unpaired) electrons. The molecule has 1 unspecified atom stereocenters. The third-order valence-electron chi connectivity index (χ3n) is 3.43. The van der Waals surface area contributed by atoms with Crippen molar-refractivity contribution >= 4 is 15.8 Å². The van der Waals surface area contributed by atoms with E-state index in [-0.39, 0.29) is 16.8 Å². The Balaban J connectivity index is 2.52. The highest BCUT2D eigenvalue weighted by atomic mass is 32.2. The van der Waals surface area contributed by atoms with Crippen LogP contribution in [0.3, 0.4) is 0 Å². The number of nitrogens with two attached hydrogens (primary N) is 1. The highest BCUT2D eigenvalue weighted by Gasteiger charge is 2.17. The van der Waals surface area contributed by atoms with Crippen LogP contribution in [-0.4, -0.2) is 44.0 Å². The molecule has 0 saturated carbocycles. The molecule has 0 spiro atoms. The minimum atomic E-state index is -3.53. The summed E-state index contributed by atoms with van der Waals surface area (Å²) in [6.07, 6.45) is 3.16. The predicted molar refractivity (Wildman–Crippen MR) is 85.5 cm³/mol. The number of sulfonamides is 1. The molecular weight excluding hydrogens is 288 g/mol. The van der Waals surface area contributed by atoms with Crippen LogP contribution in [0, 0.1) is 0 Å². The number of nitrogens with one attached hydrogen (secondary N) is 1. The van der Waals surface area contributed by atoms with Crippen molar-refractivity contribution in [3.8, 4) is 0 Å². The van der Waals surface area contributed by atoms with E-state index in [9.17, 15) is 8.42 Å². The summed E-state index contributed by atoms with van der Waals surface area (Å²) < 4.78 is 27.1. The van der Waals surface area contributed by atoms with Crippen molar-refractivity contribution < 1.29 is 8.42 Å². The summed E-state index contributed by atoms with van der Waals surface area (Å²) in [5.74, 6) is 0.201. The van der Waals surface area contributed by atoms with Crippen LogP contribution < -0.4 is 10.5 Å². The predicted octanol–water partition coefficient (Wildman–Crippen LogP) is 1.45. The third-order valence-corrected chi connectivity index (χ3v) is 5.01. The van der Waals surface area contributed by atoms with Crippen LogP contribution in [0.15, 0.2) is 23.2 Å². The van der Waals surface area contributed by atoms with E-state index in [1.165, 1.54) is 18.3 Å². The van der Waals surface area contributed by atoms with Crippen LogP contribution in [-0.2, 0) is 10.0 Å². The Kier molecular flexibility index (Phi) is 7.07. The average Bonchev–Trinajstić information content (AvgIpc) is 2.43. The molecule has 1 aromatic rings. The molecule has 0 aliphatic heterocycles. The van der Waals surface area contributed by atoms with Gasteiger partial charge in [0.05, 0.1) is 4.90 Å². The second kappa shape index (κ2) is 8.31. The lowest BCUT2D eigenvalue weighted by Gasteiger charge is -2.19. The highest BCUT2D eigenvalue weighted by Crippen LogP contribution is 2.12. The maximum atomic E-state index is 12.2. The SMILES string of the molecule is CCN(CC)CCCC(C)NS(=O)(=O)c1ccnc(N)c1. The van der Waals surface area contributed by atoms with E-state index in [2.05, 4.69) is 28.5 Å². The van der Waals surface area contributed by atoms with Crippen molar-refractivity contribution in [2.75, 3.05) is 25.4 Å². The zero-order chi connectivity index (χ0) is 15.9. The first kappa shape index (κ1) is 17.9. The van der Waals surface area contributed by atoms with E-state index in [0.717, 1.165) is 32.5 Å². The van der Waals surface area contributed by atoms with Gasteiger partial charge in [0.25, 0.3) is 0 Å². The summed E-state index contributed by atoms with van der Waals surface area (Å²) in [6.45, 7) is 9.17. The van der Waals surface area contributed by atoms with Gasteiger partial charge in [-0.15, -0.1) is 0 Å². The van der Waals surface area contributed by atoms with E-state index < -0.39 is 10.0 Å². The Labute approximate surface area is 127 Å². The van der Waals surface area contributed by atoms with Gasteiger partial charge in [0, 0.05) is 18.3 Å². The van der Waals surface area contributed by atoms with Gasteiger partial charge in [-0.25, -0.2) is 18.1 Å². The Hall–Kier alpha value is -1.18. The van der Waals surface area contributed by atoms with E-state index in [0.29, 0.717) is 0 Å². The van der Waals surface area contributed by atoms with Crippen molar-refractivity contribution in [1.82, 2.24) is 14.6 Å². The smallest absolute Gasteiger partial charge is 0.240 e. The van der Waals surface area contributed by atoms with E-state index in [4.69, 9.17) is 5.73 Å². The zero-order valence-electron chi connectivity index (χ0n) is 13.0. The number of hydrogen-bond acceptors (Lipinski definition) is 5. The van der Waals surface area contributed by atoms with E-state index >= 15 is 0 Å². The maximum Gasteiger partial charge on any atom is 0.240 e. The minimum absolute atomic E-state index is 0.111. The van der Waals surface area contributed by atoms with Gasteiger partial charge in [0.2, 0.25) is 10.0 Å². The summed E-state index contributed by atoms with van der Waals surface area (Å²) in [6, 6.07) is 2.70. The Bertz CT molecular complexity index is 530. The first-order chi connectivity index (χ1) is 9.89. The fourth-order valence-electron chi connectivity index (χ4n) is 2.15. The summed E-state index contributed by atoms with van der Waals surface area (Å²) >= 11 is 0. The lowest BCUT2D eigenvalue weighted by Crippen LogP contribution is -2.33. The van der Waals surface area contributed by atoms with Crippen LogP contribution in [0.1, 0.15) is 33.6 Å². The Morgan fingerprint density at radius 2 is 2.05 bits per heavy atom. The van der Waals surface area contributed by atoms with Crippen molar-refractivity contribution in [3.05, 3.63) is 18.3 Å². The molecule has 6 nitrogen and oxygen atoms in total. The van der Waals surface area contributed by atoms with Gasteiger partial charge in [-0.3, -0.25) is 0 Å². The van der Waals surface area contributed by atoms with Gasteiger partial charge in [-0.1, -0.05) is 13.8 Å². The number of anilines is 1. The fraction of sp³-hybridized carbons (Fsp3) is 0.643. The van der Waals surface area contributed by atoms with Gasteiger partial charge in [0.1, 0.15) is 5.82 Å². The van der Waals surface area contributed by atoms with Crippen LogP contribution >= 0.6 is 0 Å². The first-order valence-corrected chi connectivity index (χ1v) is 8.83. The summed E-state index contributed by atoms with van der Waals surface area (Å²) in [5, 5.41) is 0. The van der Waals surface area contributed by atoms with Gasteiger partial charge >= 0.3 is 0 Å². The van der Waals surface area contributed by atoms with Crippen LogP contribution in [0.5, 0.6) is 0 Å². The molecule has 3 N–H and O–H groups in total. The molecule has 0 bridgehead atoms. The van der Waals surface area contributed by atoms with Gasteiger partial charge < -0.3 is 10.6 Å². The van der Waals surface area contributed by atoms with Crippen molar-refractivity contribution in [2.45, 2.75) is 44.6 Å². The Morgan fingerprint density at radius 3 is 2.62 bits per heavy atom. The van der Waals surface area contributed by atoms with E-state index in [1.54, 1.807) is 0 Å². The largest absolute Gasteiger partial charge is 0.384 e. The summed E-state index contributed by atoms with van der Waals surface area (Å²) in [5.41, 5.74) is 5.52. The molecule has 1 heterocycles. The van der Waals surface area contributed by atoms with Crippen LogP contribution in [0.2, 0.25) is 0 Å². The maximum absolute atomic E-state index is 12.2. The number of nitrogens with zero attached hydrogens (tertiary/aromatic N) is 2. The van der Waals surface area contributed by atoms with Crippen LogP contribution in [0.4, 0.5) is 5.82 Å². The lowest BCUT2D eigenvalue weighted by atomic mass is 10.2. The average molecular weight is 314 g/mol. The van der Waals surface area contributed by atoms with Gasteiger partial charge in [0.15, 0.2) is 0 Å². The normalized spacial score (nSPS) is 13.5. The molecule has 1 aromatic heterocycles. The second-order valence-electron chi connectivity index (χ2n) is 5.11. The summed E-state index contributed by atoms with van der Waals surface area (Å²) in [4.78, 5) is 6.28. The lowest BCUT2D eigenvalue weighted by molar-refractivity contribution is 0.293. The topological polar surface area (TPSA) is 88.3 Å². The molecule has 21 heavy (non-hydrogen) atoms. The summed E-state index contributed by atoms with van der Waals surface area (Å²) in [7, 11) is -3.53. The van der Waals surface area contributed by atoms with E-state index in [1.807, 2.05) is 6.92 Å². The zero-order valence-corrected chi connectivity index (χ0v) is 13.9. The fourth-order valence-corrected chi connectivity index (χ4v) is 3.45. The molecule has 0 aliphatic rings. The molecule has 1 rings (SSSR count). The number of nitrogen functional groups attached to an aromatic ring is 1. The van der Waals surface area contributed by atoms with Gasteiger partial charge in [-0.05, 0) is 45.5 Å². The first-order valence-electron chi connectivity index (χ1n) is 7.35. The standard InChI is InChI=1S/C14H26N4O2S/c1-4-18(5-2)10-6-7-12(3)17-21(19,20)13-8-9-16-14(15)11-13/h8-9,11-12,17H,4-7,10H2,1-3H3,(H2,15,16). The highest BCUT2D eigenvalue weighted by molar-refractivity contribution is 7.89. The third kappa shape index (κ3) is 5.99. The van der Waals surface area contributed by atoms with Crippen LogP contribution in [0.25, 0.3) is 0 Å². The van der Waals surface area contributed by atoms with Crippen molar-refractivity contribution in [1.29, 1.82) is 0 Å². The molecule has 7 heteroatoms. The molecule has 0 amide bonds. The number of hydrogen-bond donors (Lipinski definition) is 2. The number of aromatic nitrogens is 1. The molecule has 1 atom stereocenters. The Morgan fingerprint density at radius 1 is 1.38 bits per heavy atom.